The minimum atomic E-state index is -4.58. The van der Waals surface area contributed by atoms with Crippen LogP contribution in [0.2, 0.25) is 0 Å². The quantitative estimate of drug-likeness (QED) is 0.772. The predicted octanol–water partition coefficient (Wildman–Crippen LogP) is 2.64. The lowest BCUT2D eigenvalue weighted by molar-refractivity contribution is -0.141. The van der Waals surface area contributed by atoms with E-state index in [2.05, 4.69) is 20.7 Å². The van der Waals surface area contributed by atoms with E-state index < -0.39 is 17.8 Å². The second kappa shape index (κ2) is 6.62. The van der Waals surface area contributed by atoms with E-state index in [4.69, 9.17) is 0 Å². The molecule has 1 amide bonds. The van der Waals surface area contributed by atoms with Gasteiger partial charge < -0.3 is 5.32 Å². The molecule has 0 radical (unpaired) electrons. The molecular weight excluding hydrogens is 349 g/mol. The Morgan fingerprint density at radius 2 is 1.92 bits per heavy atom. The molecule has 7 nitrogen and oxygen atoms in total. The molecule has 1 N–H and O–H groups in total. The summed E-state index contributed by atoms with van der Waals surface area (Å²) in [6.07, 6.45) is -2.99. The Morgan fingerprint density at radius 1 is 1.23 bits per heavy atom. The van der Waals surface area contributed by atoms with Crippen LogP contribution in [0.1, 0.15) is 11.3 Å². The molecule has 3 aromatic rings. The number of carbonyl (C=O) groups excluding carboxylic acids is 1. The molecule has 0 saturated carbocycles. The summed E-state index contributed by atoms with van der Waals surface area (Å²) >= 11 is 0. The van der Waals surface area contributed by atoms with Crippen LogP contribution in [0.4, 0.5) is 19.0 Å². The summed E-state index contributed by atoms with van der Waals surface area (Å²) < 4.78 is 40.9. The number of carbonyl (C=O) groups is 1. The third-order valence-corrected chi connectivity index (χ3v) is 3.72. The number of anilines is 1. The van der Waals surface area contributed by atoms with Gasteiger partial charge in [-0.05, 0) is 6.92 Å². The molecule has 3 rings (SSSR count). The van der Waals surface area contributed by atoms with Gasteiger partial charge in [0, 0.05) is 18.2 Å². The van der Waals surface area contributed by atoms with Gasteiger partial charge >= 0.3 is 6.18 Å². The summed E-state index contributed by atoms with van der Waals surface area (Å²) in [7, 11) is 1.33. The van der Waals surface area contributed by atoms with Crippen LogP contribution in [0.5, 0.6) is 0 Å². The first kappa shape index (κ1) is 17.6. The molecule has 0 bridgehead atoms. The zero-order chi connectivity index (χ0) is 18.9. The van der Waals surface area contributed by atoms with E-state index in [1.165, 1.54) is 18.7 Å². The van der Waals surface area contributed by atoms with Crippen molar-refractivity contribution in [2.24, 2.45) is 7.05 Å². The molecule has 1 aromatic carbocycles. The second-order valence-electron chi connectivity index (χ2n) is 5.66. The Bertz CT molecular complexity index is 929. The monoisotopic (exact) mass is 364 g/mol. The van der Waals surface area contributed by atoms with Crippen LogP contribution in [-0.4, -0.2) is 30.7 Å². The van der Waals surface area contributed by atoms with Gasteiger partial charge in [-0.15, -0.1) is 5.10 Å². The maximum Gasteiger partial charge on any atom is 0.435 e. The van der Waals surface area contributed by atoms with E-state index in [-0.39, 0.29) is 17.9 Å². The number of rotatable bonds is 4. The molecule has 26 heavy (non-hydrogen) atoms. The molecule has 0 unspecified atom stereocenters. The summed E-state index contributed by atoms with van der Waals surface area (Å²) in [6.45, 7) is 1.07. The Kier molecular flexibility index (Phi) is 4.49. The van der Waals surface area contributed by atoms with E-state index >= 15 is 0 Å². The van der Waals surface area contributed by atoms with Crippen LogP contribution in [0, 0.1) is 6.92 Å². The number of nitrogens with one attached hydrogen (secondary N) is 1. The van der Waals surface area contributed by atoms with Crippen molar-refractivity contribution >= 4 is 11.7 Å². The molecule has 0 atom stereocenters. The van der Waals surface area contributed by atoms with Crippen molar-refractivity contribution in [3.8, 4) is 11.3 Å². The smallest absolute Gasteiger partial charge is 0.309 e. The van der Waals surface area contributed by atoms with Gasteiger partial charge in [0.1, 0.15) is 18.1 Å². The lowest BCUT2D eigenvalue weighted by Crippen LogP contribution is -2.21. The lowest BCUT2D eigenvalue weighted by atomic mass is 10.2. The molecular formula is C16H15F3N6O. The topological polar surface area (TPSA) is 77.6 Å². The normalized spacial score (nSPS) is 11.6. The Labute approximate surface area is 146 Å². The van der Waals surface area contributed by atoms with Crippen molar-refractivity contribution in [3.63, 3.8) is 0 Å². The van der Waals surface area contributed by atoms with Crippen molar-refractivity contribution in [2.45, 2.75) is 19.6 Å². The molecule has 0 aliphatic heterocycles. The van der Waals surface area contributed by atoms with Crippen LogP contribution in [0.3, 0.4) is 0 Å². The van der Waals surface area contributed by atoms with Gasteiger partial charge in [0.2, 0.25) is 5.91 Å². The van der Waals surface area contributed by atoms with E-state index in [9.17, 15) is 18.0 Å². The second-order valence-corrected chi connectivity index (χ2v) is 5.66. The molecule has 2 aromatic heterocycles. The molecule has 0 aliphatic carbocycles. The summed E-state index contributed by atoms with van der Waals surface area (Å²) in [6, 6.07) is 9.28. The maximum atomic E-state index is 12.9. The molecule has 136 valence electrons. The largest absolute Gasteiger partial charge is 0.435 e. The summed E-state index contributed by atoms with van der Waals surface area (Å²) in [5.74, 6) is -0.542. The van der Waals surface area contributed by atoms with Gasteiger partial charge in [0.25, 0.3) is 0 Å². The zero-order valence-corrected chi connectivity index (χ0v) is 13.9. The number of amides is 1. The minimum Gasteiger partial charge on any atom is -0.309 e. The van der Waals surface area contributed by atoms with Crippen molar-refractivity contribution in [3.05, 3.63) is 47.8 Å². The summed E-state index contributed by atoms with van der Waals surface area (Å²) in [5.41, 5.74) is 0.269. The van der Waals surface area contributed by atoms with Gasteiger partial charge in [0.05, 0.1) is 6.20 Å². The third-order valence-electron chi connectivity index (χ3n) is 3.72. The average Bonchev–Trinajstić information content (AvgIpc) is 3.15. The van der Waals surface area contributed by atoms with Gasteiger partial charge in [-0.1, -0.05) is 35.5 Å². The minimum absolute atomic E-state index is 0.00859. The summed E-state index contributed by atoms with van der Waals surface area (Å²) in [5, 5.41) is 13.7. The highest BCUT2D eigenvalue weighted by Crippen LogP contribution is 2.33. The molecule has 10 heteroatoms. The van der Waals surface area contributed by atoms with E-state index in [0.717, 1.165) is 10.2 Å². The number of aryl methyl sites for hydroxylation is 1. The van der Waals surface area contributed by atoms with Crippen LogP contribution in [0.15, 0.2) is 36.5 Å². The number of nitrogens with zero attached hydrogens (tertiary/aromatic N) is 5. The zero-order valence-electron chi connectivity index (χ0n) is 13.9. The maximum absolute atomic E-state index is 12.9. The highest BCUT2D eigenvalue weighted by Gasteiger charge is 2.37. The van der Waals surface area contributed by atoms with E-state index in [1.54, 1.807) is 6.20 Å². The lowest BCUT2D eigenvalue weighted by Gasteiger charge is -2.07. The third kappa shape index (κ3) is 3.58. The molecule has 0 aliphatic rings. The predicted molar refractivity (Wildman–Crippen MR) is 87.0 cm³/mol. The number of aromatic nitrogens is 5. The fraction of sp³-hybridized carbons (Fsp3) is 0.250. The van der Waals surface area contributed by atoms with Gasteiger partial charge in [-0.3, -0.25) is 9.48 Å². The average molecular weight is 364 g/mol. The number of alkyl halides is 3. The van der Waals surface area contributed by atoms with Crippen molar-refractivity contribution < 1.29 is 18.0 Å². The highest BCUT2D eigenvalue weighted by atomic mass is 19.4. The highest BCUT2D eigenvalue weighted by molar-refractivity contribution is 5.90. The molecule has 0 fully saturated rings. The number of hydrogen-bond donors (Lipinski definition) is 1. The van der Waals surface area contributed by atoms with Gasteiger partial charge in [0.15, 0.2) is 5.69 Å². The SMILES string of the molecule is Cc1c(C(F)(F)F)nn(C)c1NC(=O)Cn1cc(-c2ccccc2)nn1. The first-order chi connectivity index (χ1) is 12.3. The van der Waals surface area contributed by atoms with Crippen molar-refractivity contribution in [1.82, 2.24) is 24.8 Å². The van der Waals surface area contributed by atoms with Gasteiger partial charge in [-0.25, -0.2) is 4.68 Å². The van der Waals surface area contributed by atoms with Gasteiger partial charge in [-0.2, -0.15) is 18.3 Å². The first-order valence-corrected chi connectivity index (χ1v) is 7.62. The molecule has 0 saturated heterocycles. The number of halogens is 3. The van der Waals surface area contributed by atoms with Crippen LogP contribution >= 0.6 is 0 Å². The van der Waals surface area contributed by atoms with E-state index in [1.807, 2.05) is 30.3 Å². The molecule has 2 heterocycles. The van der Waals surface area contributed by atoms with Crippen LogP contribution in [0.25, 0.3) is 11.3 Å². The Balaban J connectivity index is 1.73. The summed E-state index contributed by atoms with van der Waals surface area (Å²) in [4.78, 5) is 12.2. The number of hydrogen-bond acceptors (Lipinski definition) is 4. The van der Waals surface area contributed by atoms with Crippen LogP contribution in [-0.2, 0) is 24.6 Å². The van der Waals surface area contributed by atoms with Crippen molar-refractivity contribution in [2.75, 3.05) is 5.32 Å². The molecule has 0 spiro atoms. The first-order valence-electron chi connectivity index (χ1n) is 7.62. The van der Waals surface area contributed by atoms with Crippen molar-refractivity contribution in [1.29, 1.82) is 0 Å². The number of benzene rings is 1. The fourth-order valence-corrected chi connectivity index (χ4v) is 2.51. The fourth-order valence-electron chi connectivity index (χ4n) is 2.51. The Hall–Kier alpha value is -3.17. The van der Waals surface area contributed by atoms with Crippen LogP contribution < -0.4 is 5.32 Å². The standard InChI is InChI=1S/C16H15F3N6O/c1-10-14(16(17,18)19)22-24(2)15(10)20-13(26)9-25-8-12(21-23-25)11-6-4-3-5-7-11/h3-8H,9H2,1-2H3,(H,20,26). The Morgan fingerprint density at radius 3 is 2.54 bits per heavy atom. The van der Waals surface area contributed by atoms with E-state index in [0.29, 0.717) is 5.69 Å².